The van der Waals surface area contributed by atoms with Crippen LogP contribution in [0.1, 0.15) is 15.2 Å². The number of carboxylic acids is 1. The number of halogens is 4. The molecule has 0 saturated heterocycles. The average molecular weight is 615 g/mol. The number of carboxylic acid groups (broad SMARTS) is 1. The summed E-state index contributed by atoms with van der Waals surface area (Å²) >= 11 is 7.28. The third kappa shape index (κ3) is 7.92. The summed E-state index contributed by atoms with van der Waals surface area (Å²) in [7, 11) is 1.84. The van der Waals surface area contributed by atoms with Crippen molar-refractivity contribution in [3.8, 4) is 10.6 Å². The van der Waals surface area contributed by atoms with Crippen LogP contribution in [-0.2, 0) is 11.3 Å². The maximum atomic E-state index is 12.7. The molecule has 0 unspecified atom stereocenters. The fourth-order valence-corrected chi connectivity index (χ4v) is 4.47. The maximum absolute atomic E-state index is 12.7. The summed E-state index contributed by atoms with van der Waals surface area (Å²) < 4.78 is 31.7. The number of benzene rings is 3. The summed E-state index contributed by atoms with van der Waals surface area (Å²) in [5.41, 5.74) is 3.54. The number of amides is 1. The van der Waals surface area contributed by atoms with Gasteiger partial charge in [0.1, 0.15) is 15.7 Å². The molecule has 216 valence electrons. The minimum atomic E-state index is -5.08. The van der Waals surface area contributed by atoms with Crippen LogP contribution in [0.25, 0.3) is 21.5 Å². The van der Waals surface area contributed by atoms with E-state index in [0.29, 0.717) is 28.1 Å². The number of hydrogen-bond acceptors (Lipinski definition) is 8. The molecule has 5 rings (SSSR count). The van der Waals surface area contributed by atoms with E-state index in [1.807, 2.05) is 67.7 Å². The molecule has 0 bridgehead atoms. The molecule has 14 heteroatoms. The standard InChI is InChI=1S/C26H21ClN6OS.C2HF3O2/c1-28-23-20-4-2-3-5-21(20)32-26(33-23)30-14-16-6-12-19(13-7-16)31-24(34)22-15-29-25(35-22)17-8-10-18(27)11-9-17;3-2(4,5)1(6)7/h2-13,15H,14H2,1H3,(H,31,34)(H2,28,30,32,33);(H,6,7). The largest absolute Gasteiger partial charge is 0.490 e. The highest BCUT2D eigenvalue weighted by Gasteiger charge is 2.38. The number of rotatable bonds is 7. The predicted octanol–water partition coefficient (Wildman–Crippen LogP) is 6.95. The van der Waals surface area contributed by atoms with Crippen LogP contribution in [0.2, 0.25) is 5.02 Å². The van der Waals surface area contributed by atoms with Crippen molar-refractivity contribution in [2.24, 2.45) is 0 Å². The number of thiazole rings is 1. The fraction of sp³-hybridized carbons (Fsp3) is 0.107. The van der Waals surface area contributed by atoms with E-state index in [1.165, 1.54) is 11.3 Å². The lowest BCUT2D eigenvalue weighted by Crippen LogP contribution is -2.21. The number of hydrogen-bond donors (Lipinski definition) is 4. The summed E-state index contributed by atoms with van der Waals surface area (Å²) in [4.78, 5) is 35.6. The minimum absolute atomic E-state index is 0.197. The molecule has 4 N–H and O–H groups in total. The number of carbonyl (C=O) groups excluding carboxylic acids is 1. The van der Waals surface area contributed by atoms with E-state index in [9.17, 15) is 18.0 Å². The highest BCUT2D eigenvalue weighted by Crippen LogP contribution is 2.27. The molecule has 3 aromatic carbocycles. The van der Waals surface area contributed by atoms with Gasteiger partial charge in [0.05, 0.1) is 11.7 Å². The molecule has 0 aliphatic heterocycles. The first-order chi connectivity index (χ1) is 20.0. The Kier molecular flexibility index (Phi) is 9.55. The van der Waals surface area contributed by atoms with E-state index in [2.05, 4.69) is 30.9 Å². The minimum Gasteiger partial charge on any atom is -0.475 e. The highest BCUT2D eigenvalue weighted by molar-refractivity contribution is 7.17. The van der Waals surface area contributed by atoms with Gasteiger partial charge in [0, 0.05) is 35.3 Å². The predicted molar refractivity (Wildman–Crippen MR) is 157 cm³/mol. The zero-order chi connectivity index (χ0) is 30.3. The number of anilines is 3. The lowest BCUT2D eigenvalue weighted by molar-refractivity contribution is -0.192. The second-order valence-electron chi connectivity index (χ2n) is 8.51. The van der Waals surface area contributed by atoms with E-state index in [-0.39, 0.29) is 5.91 Å². The van der Waals surface area contributed by atoms with Gasteiger partial charge in [0.2, 0.25) is 5.95 Å². The number of aliphatic carboxylic acids is 1. The van der Waals surface area contributed by atoms with Crippen LogP contribution in [-0.4, -0.2) is 45.2 Å². The van der Waals surface area contributed by atoms with E-state index in [4.69, 9.17) is 21.5 Å². The van der Waals surface area contributed by atoms with Crippen molar-refractivity contribution in [2.45, 2.75) is 12.7 Å². The topological polar surface area (TPSA) is 129 Å². The zero-order valence-corrected chi connectivity index (χ0v) is 23.3. The van der Waals surface area contributed by atoms with Gasteiger partial charge in [0.15, 0.2) is 0 Å². The van der Waals surface area contributed by atoms with Crippen LogP contribution in [0.15, 0.2) is 79.0 Å². The molecule has 0 fully saturated rings. The van der Waals surface area contributed by atoms with Crippen LogP contribution < -0.4 is 16.0 Å². The number of nitrogens with one attached hydrogen (secondary N) is 3. The van der Waals surface area contributed by atoms with Crippen LogP contribution in [0.4, 0.5) is 30.6 Å². The summed E-state index contributed by atoms with van der Waals surface area (Å²) in [5.74, 6) is -1.63. The number of carbonyl (C=O) groups is 2. The molecule has 9 nitrogen and oxygen atoms in total. The molecule has 2 heterocycles. The molecular formula is C28H22ClF3N6O3S. The highest BCUT2D eigenvalue weighted by atomic mass is 35.5. The number of nitrogens with zero attached hydrogens (tertiary/aromatic N) is 3. The first-order valence-corrected chi connectivity index (χ1v) is 13.3. The van der Waals surface area contributed by atoms with Gasteiger partial charge in [-0.1, -0.05) is 48.0 Å². The number of fused-ring (bicyclic) bond motifs is 1. The summed E-state index contributed by atoms with van der Waals surface area (Å²) in [6, 6.07) is 22.9. The van der Waals surface area contributed by atoms with Crippen molar-refractivity contribution in [1.29, 1.82) is 0 Å². The molecular weight excluding hydrogens is 593 g/mol. The van der Waals surface area contributed by atoms with E-state index < -0.39 is 12.1 Å². The number of aromatic nitrogens is 3. The van der Waals surface area contributed by atoms with Crippen molar-refractivity contribution in [2.75, 3.05) is 23.0 Å². The molecule has 0 aliphatic carbocycles. The number of para-hydroxylation sites is 1. The van der Waals surface area contributed by atoms with Crippen LogP contribution in [0.3, 0.4) is 0 Å². The first-order valence-electron chi connectivity index (χ1n) is 12.1. The van der Waals surface area contributed by atoms with Crippen molar-refractivity contribution >= 4 is 63.2 Å². The molecule has 5 aromatic rings. The third-order valence-corrected chi connectivity index (χ3v) is 6.86. The summed E-state index contributed by atoms with van der Waals surface area (Å²) in [6.45, 7) is 0.551. The molecule has 2 aromatic heterocycles. The van der Waals surface area contributed by atoms with Gasteiger partial charge >= 0.3 is 12.1 Å². The van der Waals surface area contributed by atoms with E-state index in [1.54, 1.807) is 18.3 Å². The molecule has 0 saturated carbocycles. The van der Waals surface area contributed by atoms with E-state index in [0.717, 1.165) is 32.9 Å². The monoisotopic (exact) mass is 614 g/mol. The average Bonchev–Trinajstić information content (AvgIpc) is 3.47. The molecule has 42 heavy (non-hydrogen) atoms. The summed E-state index contributed by atoms with van der Waals surface area (Å²) in [5, 5.41) is 18.8. The van der Waals surface area contributed by atoms with Gasteiger partial charge in [-0.15, -0.1) is 11.3 Å². The fourth-order valence-electron chi connectivity index (χ4n) is 3.53. The Morgan fingerprint density at radius 3 is 2.29 bits per heavy atom. The SMILES string of the molecule is CNc1nc(NCc2ccc(NC(=O)c3cnc(-c4ccc(Cl)cc4)s3)cc2)nc2ccccc12.O=C(O)C(F)(F)F. The summed E-state index contributed by atoms with van der Waals surface area (Å²) in [6.07, 6.45) is -3.49. The zero-order valence-electron chi connectivity index (χ0n) is 21.7. The van der Waals surface area contributed by atoms with Gasteiger partial charge in [-0.05, 0) is 42.0 Å². The molecule has 1 amide bonds. The van der Waals surface area contributed by atoms with Crippen molar-refractivity contribution in [3.05, 3.63) is 94.5 Å². The smallest absolute Gasteiger partial charge is 0.475 e. The Bertz CT molecular complexity index is 1700. The Hall–Kier alpha value is -4.75. The van der Waals surface area contributed by atoms with Crippen LogP contribution in [0.5, 0.6) is 0 Å². The Morgan fingerprint density at radius 2 is 1.64 bits per heavy atom. The Morgan fingerprint density at radius 1 is 0.976 bits per heavy atom. The Balaban J connectivity index is 0.000000517. The molecule has 0 radical (unpaired) electrons. The van der Waals surface area contributed by atoms with Gasteiger partial charge < -0.3 is 21.1 Å². The van der Waals surface area contributed by atoms with Crippen molar-refractivity contribution in [3.63, 3.8) is 0 Å². The Labute approximate surface area is 246 Å². The van der Waals surface area contributed by atoms with Crippen LogP contribution >= 0.6 is 22.9 Å². The van der Waals surface area contributed by atoms with Crippen LogP contribution in [0, 0.1) is 0 Å². The van der Waals surface area contributed by atoms with Gasteiger partial charge in [0.25, 0.3) is 5.91 Å². The first kappa shape index (κ1) is 30.2. The van der Waals surface area contributed by atoms with Crippen molar-refractivity contribution in [1.82, 2.24) is 15.0 Å². The lowest BCUT2D eigenvalue weighted by Gasteiger charge is -2.10. The molecule has 0 aliphatic rings. The van der Waals surface area contributed by atoms with Crippen molar-refractivity contribution < 1.29 is 27.9 Å². The second kappa shape index (κ2) is 13.3. The number of alkyl halides is 3. The normalized spacial score (nSPS) is 10.9. The quantitative estimate of drug-likeness (QED) is 0.155. The van der Waals surface area contributed by atoms with Gasteiger partial charge in [-0.2, -0.15) is 18.2 Å². The third-order valence-electron chi connectivity index (χ3n) is 5.57. The van der Waals surface area contributed by atoms with Gasteiger partial charge in [-0.25, -0.2) is 14.8 Å². The lowest BCUT2D eigenvalue weighted by atomic mass is 10.2. The van der Waals surface area contributed by atoms with E-state index >= 15 is 0 Å². The molecule has 0 spiro atoms. The maximum Gasteiger partial charge on any atom is 0.490 e. The van der Waals surface area contributed by atoms with Gasteiger partial charge in [-0.3, -0.25) is 4.79 Å². The molecule has 0 atom stereocenters. The second-order valence-corrected chi connectivity index (χ2v) is 9.97.